The molecule has 0 bridgehead atoms. The zero-order valence-electron chi connectivity index (χ0n) is 15.7. The Morgan fingerprint density at radius 2 is 1.83 bits per heavy atom. The van der Waals surface area contributed by atoms with E-state index in [0.717, 1.165) is 42.7 Å². The van der Waals surface area contributed by atoms with Crippen molar-refractivity contribution in [1.82, 2.24) is 10.6 Å². The lowest BCUT2D eigenvalue weighted by Crippen LogP contribution is -2.44. The number of nitrogens with one attached hydrogen (secondary N) is 2. The van der Waals surface area contributed by atoms with Gasteiger partial charge in [-0.05, 0) is 24.6 Å². The highest BCUT2D eigenvalue weighted by Crippen LogP contribution is 2.32. The van der Waals surface area contributed by atoms with Crippen LogP contribution >= 0.6 is 0 Å². The average molecular weight is 337 g/mol. The molecule has 0 fully saturated rings. The van der Waals surface area contributed by atoms with Gasteiger partial charge in [0.2, 0.25) is 0 Å². The van der Waals surface area contributed by atoms with E-state index in [-0.39, 0.29) is 5.41 Å². The minimum Gasteiger partial charge on any atom is -0.493 e. The molecule has 0 saturated heterocycles. The summed E-state index contributed by atoms with van der Waals surface area (Å²) in [6.45, 7) is 9.18. The van der Waals surface area contributed by atoms with Gasteiger partial charge in [0.05, 0.1) is 20.8 Å². The molecule has 136 valence electrons. The number of nitrogens with zero attached hydrogens (tertiary/aromatic N) is 1. The van der Waals surface area contributed by atoms with E-state index in [4.69, 9.17) is 14.2 Å². The smallest absolute Gasteiger partial charge is 0.191 e. The highest BCUT2D eigenvalue weighted by Gasteiger charge is 2.22. The number of hydrogen-bond donors (Lipinski definition) is 2. The van der Waals surface area contributed by atoms with E-state index in [1.165, 1.54) is 0 Å². The standard InChI is InChI=1S/C18H31N3O3/c1-7-24-11-10-20-17(19-4)21-13-18(2,3)14-8-9-15(22-5)16(12-14)23-6/h8-9,12H,7,10-11,13H2,1-6H3,(H2,19,20,21). The summed E-state index contributed by atoms with van der Waals surface area (Å²) in [6.07, 6.45) is 0. The first kappa shape index (κ1) is 20.1. The fraction of sp³-hybridized carbons (Fsp3) is 0.611. The van der Waals surface area contributed by atoms with Gasteiger partial charge < -0.3 is 24.8 Å². The minimum atomic E-state index is -0.100. The first-order valence-electron chi connectivity index (χ1n) is 8.23. The Labute approximate surface area is 145 Å². The molecule has 6 heteroatoms. The quantitative estimate of drug-likeness (QED) is 0.411. The molecule has 0 spiro atoms. The van der Waals surface area contributed by atoms with Crippen LogP contribution in [0.3, 0.4) is 0 Å². The monoisotopic (exact) mass is 337 g/mol. The molecule has 1 aromatic carbocycles. The van der Waals surface area contributed by atoms with Crippen LogP contribution < -0.4 is 20.1 Å². The summed E-state index contributed by atoms with van der Waals surface area (Å²) in [6, 6.07) is 6.02. The van der Waals surface area contributed by atoms with Gasteiger partial charge >= 0.3 is 0 Å². The number of aliphatic imine (C=N–C) groups is 1. The second kappa shape index (κ2) is 10.0. The molecular formula is C18H31N3O3. The van der Waals surface area contributed by atoms with Crippen molar-refractivity contribution in [2.45, 2.75) is 26.2 Å². The van der Waals surface area contributed by atoms with Crippen LogP contribution in [0.4, 0.5) is 0 Å². The van der Waals surface area contributed by atoms with Gasteiger partial charge in [0.1, 0.15) is 0 Å². The summed E-state index contributed by atoms with van der Waals surface area (Å²) >= 11 is 0. The maximum atomic E-state index is 5.40. The van der Waals surface area contributed by atoms with Gasteiger partial charge in [0.25, 0.3) is 0 Å². The fourth-order valence-electron chi connectivity index (χ4n) is 2.27. The Morgan fingerprint density at radius 3 is 2.42 bits per heavy atom. The topological polar surface area (TPSA) is 64.1 Å². The van der Waals surface area contributed by atoms with E-state index in [1.807, 2.05) is 19.1 Å². The number of guanidine groups is 1. The molecule has 0 aliphatic rings. The molecule has 0 unspecified atom stereocenters. The number of benzene rings is 1. The SMILES string of the molecule is CCOCCNC(=NC)NCC(C)(C)c1ccc(OC)c(OC)c1. The van der Waals surface area contributed by atoms with E-state index < -0.39 is 0 Å². The molecule has 0 atom stereocenters. The van der Waals surface area contributed by atoms with E-state index in [0.29, 0.717) is 6.61 Å². The fourth-order valence-corrected chi connectivity index (χ4v) is 2.27. The van der Waals surface area contributed by atoms with Crippen molar-refractivity contribution in [2.24, 2.45) is 4.99 Å². The molecule has 0 heterocycles. The zero-order chi connectivity index (χ0) is 18.0. The Hall–Kier alpha value is -1.95. The predicted octanol–water partition coefficient (Wildman–Crippen LogP) is 2.18. The van der Waals surface area contributed by atoms with Crippen LogP contribution in [0, 0.1) is 0 Å². The highest BCUT2D eigenvalue weighted by atomic mass is 16.5. The van der Waals surface area contributed by atoms with Crippen molar-refractivity contribution < 1.29 is 14.2 Å². The van der Waals surface area contributed by atoms with Crippen molar-refractivity contribution in [2.75, 3.05) is 47.6 Å². The van der Waals surface area contributed by atoms with Crippen LogP contribution in [0.2, 0.25) is 0 Å². The molecule has 0 radical (unpaired) electrons. The number of ether oxygens (including phenoxy) is 3. The van der Waals surface area contributed by atoms with Gasteiger partial charge in [-0.3, -0.25) is 4.99 Å². The highest BCUT2D eigenvalue weighted by molar-refractivity contribution is 5.79. The van der Waals surface area contributed by atoms with Gasteiger partial charge in [0.15, 0.2) is 17.5 Å². The lowest BCUT2D eigenvalue weighted by Gasteiger charge is -2.27. The molecule has 0 saturated carbocycles. The van der Waals surface area contributed by atoms with Crippen LogP contribution in [0.1, 0.15) is 26.3 Å². The van der Waals surface area contributed by atoms with Crippen LogP contribution in [-0.4, -0.2) is 53.5 Å². The maximum Gasteiger partial charge on any atom is 0.191 e. The molecular weight excluding hydrogens is 306 g/mol. The third-order valence-electron chi connectivity index (χ3n) is 3.83. The van der Waals surface area contributed by atoms with E-state index in [9.17, 15) is 0 Å². The molecule has 24 heavy (non-hydrogen) atoms. The summed E-state index contributed by atoms with van der Waals surface area (Å²) in [7, 11) is 5.05. The van der Waals surface area contributed by atoms with E-state index in [1.54, 1.807) is 21.3 Å². The van der Waals surface area contributed by atoms with Crippen molar-refractivity contribution in [1.29, 1.82) is 0 Å². The van der Waals surface area contributed by atoms with E-state index in [2.05, 4.69) is 35.5 Å². The molecule has 0 aliphatic carbocycles. The number of methoxy groups -OCH3 is 2. The second-order valence-corrected chi connectivity index (χ2v) is 6.00. The lowest BCUT2D eigenvalue weighted by molar-refractivity contribution is 0.152. The normalized spacial score (nSPS) is 12.0. The summed E-state index contributed by atoms with van der Waals surface area (Å²) < 4.78 is 16.0. The minimum absolute atomic E-state index is 0.100. The second-order valence-electron chi connectivity index (χ2n) is 6.00. The van der Waals surface area contributed by atoms with Crippen molar-refractivity contribution >= 4 is 5.96 Å². The van der Waals surface area contributed by atoms with Gasteiger partial charge in [-0.15, -0.1) is 0 Å². The zero-order valence-corrected chi connectivity index (χ0v) is 15.7. The van der Waals surface area contributed by atoms with Crippen LogP contribution in [0.25, 0.3) is 0 Å². The van der Waals surface area contributed by atoms with Gasteiger partial charge in [-0.1, -0.05) is 19.9 Å². The molecule has 1 aromatic rings. The Balaban J connectivity index is 2.68. The van der Waals surface area contributed by atoms with Crippen LogP contribution in [0.5, 0.6) is 11.5 Å². The summed E-state index contributed by atoms with van der Waals surface area (Å²) in [5.41, 5.74) is 1.06. The van der Waals surface area contributed by atoms with Gasteiger partial charge in [-0.25, -0.2) is 0 Å². The third kappa shape index (κ3) is 5.92. The third-order valence-corrected chi connectivity index (χ3v) is 3.83. The summed E-state index contributed by atoms with van der Waals surface area (Å²) in [4.78, 5) is 4.24. The Morgan fingerprint density at radius 1 is 1.12 bits per heavy atom. The summed E-state index contributed by atoms with van der Waals surface area (Å²) in [5, 5.41) is 6.60. The van der Waals surface area contributed by atoms with E-state index >= 15 is 0 Å². The molecule has 1 rings (SSSR count). The maximum absolute atomic E-state index is 5.40. The Bertz CT molecular complexity index is 530. The molecule has 0 aliphatic heterocycles. The molecule has 2 N–H and O–H groups in total. The number of hydrogen-bond acceptors (Lipinski definition) is 4. The van der Waals surface area contributed by atoms with Crippen molar-refractivity contribution in [3.05, 3.63) is 23.8 Å². The predicted molar refractivity (Wildman–Crippen MR) is 98.4 cm³/mol. The lowest BCUT2D eigenvalue weighted by atomic mass is 9.84. The number of rotatable bonds is 9. The van der Waals surface area contributed by atoms with Crippen LogP contribution in [-0.2, 0) is 10.2 Å². The average Bonchev–Trinajstić information content (AvgIpc) is 2.60. The largest absolute Gasteiger partial charge is 0.493 e. The van der Waals surface area contributed by atoms with Gasteiger partial charge in [0, 0.05) is 32.2 Å². The summed E-state index contributed by atoms with van der Waals surface area (Å²) in [5.74, 6) is 2.24. The molecule has 0 amide bonds. The van der Waals surface area contributed by atoms with Gasteiger partial charge in [-0.2, -0.15) is 0 Å². The van der Waals surface area contributed by atoms with Crippen LogP contribution in [0.15, 0.2) is 23.2 Å². The van der Waals surface area contributed by atoms with Crippen molar-refractivity contribution in [3.8, 4) is 11.5 Å². The van der Waals surface area contributed by atoms with Crippen molar-refractivity contribution in [3.63, 3.8) is 0 Å². The Kier molecular flexibility index (Phi) is 8.40. The first-order chi connectivity index (χ1) is 11.5. The molecule has 6 nitrogen and oxygen atoms in total. The molecule has 0 aromatic heterocycles. The first-order valence-corrected chi connectivity index (χ1v) is 8.23.